The number of rotatable bonds is 7. The molecular formula is C19H14BrNO9. The number of nitro groups is 1. The minimum Gasteiger partial charge on any atom is -0.466 e. The molecule has 3 aromatic rings. The molecule has 0 aliphatic heterocycles. The van der Waals surface area contributed by atoms with Crippen molar-refractivity contribution in [3.05, 3.63) is 73.0 Å². The second-order valence-corrected chi connectivity index (χ2v) is 6.67. The van der Waals surface area contributed by atoms with Crippen molar-refractivity contribution in [2.75, 3.05) is 13.9 Å². The molecule has 0 aliphatic rings. The van der Waals surface area contributed by atoms with Gasteiger partial charge in [-0.15, -0.1) is 0 Å². The molecule has 0 atom stereocenters. The topological polar surface area (TPSA) is 127 Å². The molecule has 156 valence electrons. The molecule has 0 saturated heterocycles. The van der Waals surface area contributed by atoms with Crippen LogP contribution in [0.4, 0.5) is 10.5 Å². The highest BCUT2D eigenvalue weighted by atomic mass is 79.9. The molecule has 11 heteroatoms. The zero-order valence-electron chi connectivity index (χ0n) is 15.5. The molecule has 10 nitrogen and oxygen atoms in total. The Morgan fingerprint density at radius 3 is 2.60 bits per heavy atom. The van der Waals surface area contributed by atoms with E-state index < -0.39 is 16.7 Å². The molecule has 0 aliphatic carbocycles. The van der Waals surface area contributed by atoms with Gasteiger partial charge in [-0.2, -0.15) is 0 Å². The fraction of sp³-hybridized carbons (Fsp3) is 0.158. The summed E-state index contributed by atoms with van der Waals surface area (Å²) in [4.78, 5) is 33.9. The fourth-order valence-electron chi connectivity index (χ4n) is 2.48. The van der Waals surface area contributed by atoms with E-state index in [1.165, 1.54) is 43.5 Å². The third-order valence-electron chi connectivity index (χ3n) is 3.81. The van der Waals surface area contributed by atoms with Gasteiger partial charge < -0.3 is 23.4 Å². The number of nitrogens with zero attached hydrogens (tertiary/aromatic N) is 1. The van der Waals surface area contributed by atoms with Gasteiger partial charge in [-0.25, -0.2) is 9.59 Å². The summed E-state index contributed by atoms with van der Waals surface area (Å²) in [5.74, 6) is 0.480. The first-order valence-electron chi connectivity index (χ1n) is 8.34. The largest absolute Gasteiger partial charge is 0.514 e. The van der Waals surface area contributed by atoms with E-state index in [4.69, 9.17) is 23.4 Å². The van der Waals surface area contributed by atoms with E-state index in [-0.39, 0.29) is 30.4 Å². The van der Waals surface area contributed by atoms with Crippen LogP contribution in [0.3, 0.4) is 0 Å². The van der Waals surface area contributed by atoms with Crippen LogP contribution in [0.2, 0.25) is 0 Å². The quantitative estimate of drug-likeness (QED) is 0.122. The summed E-state index contributed by atoms with van der Waals surface area (Å²) in [6, 6.07) is 9.29. The fourth-order valence-corrected chi connectivity index (χ4v) is 2.94. The predicted octanol–water partition coefficient (Wildman–Crippen LogP) is 4.16. The third kappa shape index (κ3) is 5.13. The van der Waals surface area contributed by atoms with Crippen molar-refractivity contribution in [3.8, 4) is 11.5 Å². The van der Waals surface area contributed by atoms with E-state index in [0.717, 1.165) is 0 Å². The number of hydrogen-bond acceptors (Lipinski definition) is 9. The first-order chi connectivity index (χ1) is 14.4. The van der Waals surface area contributed by atoms with Crippen molar-refractivity contribution in [2.24, 2.45) is 0 Å². The summed E-state index contributed by atoms with van der Waals surface area (Å²) < 4.78 is 26.0. The highest BCUT2D eigenvalue weighted by Crippen LogP contribution is 2.32. The number of nitro benzene ring substituents is 1. The Bertz CT molecular complexity index is 1140. The van der Waals surface area contributed by atoms with Crippen LogP contribution in [0.25, 0.3) is 11.0 Å². The van der Waals surface area contributed by atoms with Gasteiger partial charge in [0.1, 0.15) is 23.7 Å². The number of carbonyl (C=O) groups is 1. The molecule has 30 heavy (non-hydrogen) atoms. The Morgan fingerprint density at radius 1 is 1.20 bits per heavy atom. The lowest BCUT2D eigenvalue weighted by Gasteiger charge is -2.11. The zero-order valence-corrected chi connectivity index (χ0v) is 17.0. The first kappa shape index (κ1) is 21.3. The SMILES string of the molecule is COCOc1cc2oc(=O)cc(COC(=O)Oc3ccc([N+](=O)[O-])cc3)c2cc1Br. The monoisotopic (exact) mass is 479 g/mol. The number of hydrogen-bond donors (Lipinski definition) is 0. The van der Waals surface area contributed by atoms with Crippen LogP contribution in [0.1, 0.15) is 5.56 Å². The molecule has 0 spiro atoms. The molecule has 0 amide bonds. The van der Waals surface area contributed by atoms with Gasteiger partial charge >= 0.3 is 11.8 Å². The Hall–Kier alpha value is -3.44. The van der Waals surface area contributed by atoms with Crippen LogP contribution in [-0.2, 0) is 16.1 Å². The van der Waals surface area contributed by atoms with Crippen LogP contribution < -0.4 is 15.1 Å². The number of non-ortho nitro benzene ring substituents is 1. The Labute approximate surface area is 177 Å². The molecular weight excluding hydrogens is 466 g/mol. The van der Waals surface area contributed by atoms with Crippen molar-refractivity contribution in [2.45, 2.75) is 6.61 Å². The van der Waals surface area contributed by atoms with Gasteiger partial charge in [0.05, 0.1) is 9.40 Å². The average molecular weight is 480 g/mol. The smallest absolute Gasteiger partial charge is 0.466 e. The summed E-state index contributed by atoms with van der Waals surface area (Å²) in [5, 5.41) is 11.2. The van der Waals surface area contributed by atoms with Crippen LogP contribution in [0.15, 0.2) is 56.1 Å². The maximum absolute atomic E-state index is 11.9. The van der Waals surface area contributed by atoms with Gasteiger partial charge in [0.2, 0.25) is 0 Å². The van der Waals surface area contributed by atoms with Crippen LogP contribution >= 0.6 is 15.9 Å². The Morgan fingerprint density at radius 2 is 1.93 bits per heavy atom. The summed E-state index contributed by atoms with van der Waals surface area (Å²) in [6.45, 7) is -0.260. The molecule has 3 rings (SSSR count). The molecule has 0 unspecified atom stereocenters. The number of ether oxygens (including phenoxy) is 4. The van der Waals surface area contributed by atoms with Gasteiger partial charge in [0.15, 0.2) is 6.79 Å². The van der Waals surface area contributed by atoms with Gasteiger partial charge in [0, 0.05) is 42.3 Å². The van der Waals surface area contributed by atoms with E-state index in [1.54, 1.807) is 6.07 Å². The standard InChI is InChI=1S/C19H14BrNO9/c1-26-10-28-17-8-16-14(7-15(17)20)11(6-18(22)30-16)9-27-19(23)29-13-4-2-12(3-5-13)21(24)25/h2-8H,9-10H2,1H3. The number of halogens is 1. The van der Waals surface area contributed by atoms with E-state index in [0.29, 0.717) is 21.2 Å². The van der Waals surface area contributed by atoms with Crippen LogP contribution in [0, 0.1) is 10.1 Å². The lowest BCUT2D eigenvalue weighted by atomic mass is 10.1. The van der Waals surface area contributed by atoms with Gasteiger partial charge in [-0.05, 0) is 34.1 Å². The van der Waals surface area contributed by atoms with Crippen LogP contribution in [0.5, 0.6) is 11.5 Å². The summed E-state index contributed by atoms with van der Waals surface area (Å²) >= 11 is 3.36. The maximum Gasteiger partial charge on any atom is 0.514 e. The average Bonchev–Trinajstić information content (AvgIpc) is 2.71. The van der Waals surface area contributed by atoms with E-state index in [1.807, 2.05) is 0 Å². The lowest BCUT2D eigenvalue weighted by molar-refractivity contribution is -0.384. The maximum atomic E-state index is 11.9. The van der Waals surface area contributed by atoms with E-state index in [2.05, 4.69) is 15.9 Å². The van der Waals surface area contributed by atoms with Gasteiger partial charge in [-0.3, -0.25) is 10.1 Å². The first-order valence-corrected chi connectivity index (χ1v) is 9.13. The van der Waals surface area contributed by atoms with E-state index in [9.17, 15) is 19.7 Å². The van der Waals surface area contributed by atoms with E-state index >= 15 is 0 Å². The number of carbonyl (C=O) groups excluding carboxylic acids is 1. The number of fused-ring (bicyclic) bond motifs is 1. The van der Waals surface area contributed by atoms with Crippen molar-refractivity contribution >= 4 is 38.7 Å². The Balaban J connectivity index is 1.74. The van der Waals surface area contributed by atoms with Crippen molar-refractivity contribution in [1.82, 2.24) is 0 Å². The molecule has 0 N–H and O–H groups in total. The molecule has 1 heterocycles. The molecule has 1 aromatic heterocycles. The normalized spacial score (nSPS) is 10.6. The molecule has 0 fully saturated rings. The minimum absolute atomic E-state index is 0.00558. The highest BCUT2D eigenvalue weighted by Gasteiger charge is 2.14. The molecule has 0 saturated carbocycles. The zero-order chi connectivity index (χ0) is 21.7. The summed E-state index contributed by atoms with van der Waals surface area (Å²) in [7, 11) is 1.47. The van der Waals surface area contributed by atoms with Crippen molar-refractivity contribution in [1.29, 1.82) is 0 Å². The number of methoxy groups -OCH3 is 1. The second-order valence-electron chi connectivity index (χ2n) is 5.81. The Kier molecular flexibility index (Phi) is 6.65. The highest BCUT2D eigenvalue weighted by molar-refractivity contribution is 9.10. The predicted molar refractivity (Wildman–Crippen MR) is 107 cm³/mol. The van der Waals surface area contributed by atoms with Crippen LogP contribution in [-0.4, -0.2) is 25.0 Å². The molecule has 2 aromatic carbocycles. The minimum atomic E-state index is -1.04. The van der Waals surface area contributed by atoms with Crippen molar-refractivity contribution < 1.29 is 33.1 Å². The summed E-state index contributed by atoms with van der Waals surface area (Å²) in [6.07, 6.45) is -1.04. The van der Waals surface area contributed by atoms with Gasteiger partial charge in [-0.1, -0.05) is 0 Å². The lowest BCUT2D eigenvalue weighted by Crippen LogP contribution is -2.12. The van der Waals surface area contributed by atoms with Crippen molar-refractivity contribution in [3.63, 3.8) is 0 Å². The number of benzene rings is 2. The third-order valence-corrected chi connectivity index (χ3v) is 4.43. The van der Waals surface area contributed by atoms with Gasteiger partial charge in [0.25, 0.3) is 5.69 Å². The second kappa shape index (κ2) is 9.37. The molecule has 0 radical (unpaired) electrons. The molecule has 0 bridgehead atoms. The summed E-state index contributed by atoms with van der Waals surface area (Å²) in [5.41, 5.74) is -0.150.